The van der Waals surface area contributed by atoms with Gasteiger partial charge in [-0.25, -0.2) is 0 Å². The number of aliphatic imine (C=N–C) groups is 2. The van der Waals surface area contributed by atoms with Gasteiger partial charge in [-0.05, 0) is 75.2 Å². The molecule has 0 bridgehead atoms. The van der Waals surface area contributed by atoms with E-state index in [4.69, 9.17) is 28.7 Å². The molecule has 1 heterocycles. The minimum Gasteiger partial charge on any atom is -0.481 e. The fraction of sp³-hybridized carbons (Fsp3) is 0.683. The normalized spacial score (nSPS) is 16.7. The van der Waals surface area contributed by atoms with Crippen LogP contribution in [0.15, 0.2) is 40.3 Å². The first-order chi connectivity index (χ1) is 41.9. The Bertz CT molecular complexity index is 2560. The zero-order valence-electron chi connectivity index (χ0n) is 53.4. The molecule has 0 saturated carbocycles. The van der Waals surface area contributed by atoms with Crippen molar-refractivity contribution in [3.63, 3.8) is 0 Å². The van der Waals surface area contributed by atoms with E-state index in [1.165, 1.54) is 14.0 Å². The number of hydrogen-bond acceptors (Lipinski definition) is 14. The summed E-state index contributed by atoms with van der Waals surface area (Å²) in [7, 11) is 1.28. The third-order valence-corrected chi connectivity index (χ3v) is 15.2. The summed E-state index contributed by atoms with van der Waals surface area (Å²) < 4.78 is 0. The van der Waals surface area contributed by atoms with Crippen molar-refractivity contribution < 1.29 is 63.0 Å². The molecule has 1 saturated heterocycles. The Labute approximate surface area is 522 Å². The number of aliphatic hydroxyl groups is 1. The highest BCUT2D eigenvalue weighted by atomic mass is 16.4. The van der Waals surface area contributed by atoms with Gasteiger partial charge in [0.05, 0.1) is 12.5 Å². The predicted molar refractivity (Wildman–Crippen MR) is 335 cm³/mol. The second-order valence-corrected chi connectivity index (χ2v) is 23.8. The summed E-state index contributed by atoms with van der Waals surface area (Å²) in [5, 5.41) is 39.6. The Morgan fingerprint density at radius 2 is 1.12 bits per heavy atom. The van der Waals surface area contributed by atoms with Crippen LogP contribution >= 0.6 is 0 Å². The van der Waals surface area contributed by atoms with E-state index in [-0.39, 0.29) is 107 Å². The molecule has 29 nitrogen and oxygen atoms in total. The number of carbonyl (C=O) groups excluding carboxylic acids is 10. The van der Waals surface area contributed by atoms with Gasteiger partial charge in [0.2, 0.25) is 59.1 Å². The third-order valence-electron chi connectivity index (χ3n) is 15.2. The molecule has 10 amide bonds. The number of benzene rings is 1. The zero-order valence-corrected chi connectivity index (χ0v) is 53.4. The quantitative estimate of drug-likeness (QED) is 0.0212. The van der Waals surface area contributed by atoms with Crippen LogP contribution in [-0.2, 0) is 59.2 Å². The number of guanidine groups is 2. The smallest absolute Gasteiger partial charge is 0.305 e. The molecule has 11 atom stereocenters. The van der Waals surface area contributed by atoms with Crippen molar-refractivity contribution >= 4 is 77.0 Å². The number of aliphatic hydroxyl groups excluding tert-OH is 1. The van der Waals surface area contributed by atoms with Gasteiger partial charge in [0.1, 0.15) is 54.4 Å². The molecule has 1 fully saturated rings. The van der Waals surface area contributed by atoms with E-state index in [0.29, 0.717) is 18.4 Å². The van der Waals surface area contributed by atoms with Crippen molar-refractivity contribution in [1.29, 1.82) is 0 Å². The summed E-state index contributed by atoms with van der Waals surface area (Å²) in [5.41, 5.74) is 28.4. The molecular weight excluding hydrogens is 1150 g/mol. The van der Waals surface area contributed by atoms with Crippen molar-refractivity contribution in [1.82, 2.24) is 47.0 Å². The van der Waals surface area contributed by atoms with Crippen molar-refractivity contribution in [3.05, 3.63) is 35.9 Å². The first-order valence-corrected chi connectivity index (χ1v) is 30.9. The van der Waals surface area contributed by atoms with Gasteiger partial charge in [0.25, 0.3) is 0 Å². The number of amides is 10. The Kier molecular flexibility index (Phi) is 34.4. The average Bonchev–Trinajstić information content (AvgIpc) is 2.34. The number of carboxylic acids is 1. The highest BCUT2D eigenvalue weighted by molar-refractivity contribution is 5.99. The van der Waals surface area contributed by atoms with Gasteiger partial charge in [0, 0.05) is 45.9 Å². The minimum atomic E-state index is -1.83. The summed E-state index contributed by atoms with van der Waals surface area (Å²) in [6.45, 7) is 13.8. The average molecular weight is 1260 g/mol. The van der Waals surface area contributed by atoms with Gasteiger partial charge in [-0.2, -0.15) is 0 Å². The summed E-state index contributed by atoms with van der Waals surface area (Å²) in [5.74, 6) is -10.9. The molecule has 500 valence electrons. The van der Waals surface area contributed by atoms with E-state index in [0.717, 1.165) is 35.5 Å². The second-order valence-electron chi connectivity index (χ2n) is 23.8. The number of carbonyl (C=O) groups is 11. The highest BCUT2D eigenvalue weighted by Crippen LogP contribution is 2.25. The van der Waals surface area contributed by atoms with Crippen molar-refractivity contribution in [2.45, 2.75) is 219 Å². The highest BCUT2D eigenvalue weighted by Gasteiger charge is 2.45. The number of nitrogens with zero attached hydrogens (tertiary/aromatic N) is 4. The lowest BCUT2D eigenvalue weighted by molar-refractivity contribution is -0.149. The Hall–Kier alpha value is -8.11. The topological polar surface area (TPSA) is 474 Å². The maximum absolute atomic E-state index is 14.9. The lowest BCUT2D eigenvalue weighted by Crippen LogP contribution is -2.61. The molecule has 1 aromatic carbocycles. The first kappa shape index (κ1) is 77.0. The number of unbranched alkanes of at least 4 members (excludes halogenated alkanes) is 4. The van der Waals surface area contributed by atoms with Crippen LogP contribution in [0.5, 0.6) is 0 Å². The Balaban J connectivity index is 2.52. The molecule has 0 spiro atoms. The second kappa shape index (κ2) is 39.7. The van der Waals surface area contributed by atoms with Crippen LogP contribution in [0.4, 0.5) is 0 Å². The number of hydrogen-bond donors (Lipinski definition) is 14. The summed E-state index contributed by atoms with van der Waals surface area (Å²) >= 11 is 0. The van der Waals surface area contributed by atoms with E-state index in [2.05, 4.69) is 54.1 Å². The number of likely N-dealkylation sites (tertiary alicyclic amines) is 1. The molecule has 1 aliphatic rings. The van der Waals surface area contributed by atoms with Gasteiger partial charge in [0.15, 0.2) is 11.9 Å². The maximum atomic E-state index is 14.9. The standard InChI is InChI=1S/C60H102N16O13/c1-10-12-13-14-18-25-47(78)68-37(8)51(82)71-42(30-38-21-16-15-17-22-38)54(85)69-40(23-19-26-66-59(62)63)52(83)73-44(28-34(3)4)57(88)76-33-39(77)31-46(76)58(89)75(9)45(29-35(5)6)56(87)72-43(32-48(79)80)55(86)70-41(24-20-27-67-60(64)65)53(84)74-49(50(61)81)36(7)11-2/h15-17,21-22,34-37,39-46,49,77H,10-14,18-20,23-33H2,1-9H3,(H2,61,81)(H,68,78)(H,69,85)(H,70,86)(H,71,82)(H,72,87)(H,73,83)(H,74,84)(H,79,80)(H4,62,63,66)(H4,64,65,67)/t36-,37-,39+,40-,41-,42-,43-,44-,45+,46-,49-/m0/s1. The molecule has 1 aliphatic heterocycles. The van der Waals surface area contributed by atoms with Crippen molar-refractivity contribution in [3.8, 4) is 0 Å². The van der Waals surface area contributed by atoms with Gasteiger partial charge in [-0.1, -0.05) is 111 Å². The third kappa shape index (κ3) is 28.3. The number of likely N-dealkylation sites (N-methyl/N-ethyl adjacent to an activating group) is 1. The largest absolute Gasteiger partial charge is 0.481 e. The van der Waals surface area contributed by atoms with E-state index in [1.54, 1.807) is 71.9 Å². The van der Waals surface area contributed by atoms with E-state index in [1.807, 2.05) is 0 Å². The van der Waals surface area contributed by atoms with Crippen LogP contribution in [0.3, 0.4) is 0 Å². The molecule has 1 aromatic rings. The molecule has 0 aromatic heterocycles. The zero-order chi connectivity index (χ0) is 67.1. The van der Waals surface area contributed by atoms with E-state index >= 15 is 0 Å². The lowest BCUT2D eigenvalue weighted by Gasteiger charge is -2.35. The molecule has 0 radical (unpaired) electrons. The van der Waals surface area contributed by atoms with Crippen LogP contribution in [0, 0.1) is 17.8 Å². The number of carboxylic acid groups (broad SMARTS) is 1. The van der Waals surface area contributed by atoms with Crippen LogP contribution < -0.4 is 65.9 Å². The lowest BCUT2D eigenvalue weighted by atomic mass is 9.97. The molecule has 2 rings (SSSR count). The number of nitrogens with two attached hydrogens (primary N) is 5. The SMILES string of the molecule is CCCCCCCC(=O)N[C@@H](C)C(=O)N[C@@H](Cc1ccccc1)C(=O)N[C@@H](CCCN=C(N)N)C(=O)N[C@@H](CC(C)C)C(=O)N1C[C@H](O)C[C@H]1C(=O)N(C)[C@H](CC(C)C)C(=O)N[C@@H](CC(=O)O)C(=O)N[C@@H](CCCN=C(N)N)C(=O)N[C@H](C(N)=O)[C@@H](C)CC. The van der Waals surface area contributed by atoms with Gasteiger partial charge in [-0.3, -0.25) is 62.7 Å². The monoisotopic (exact) mass is 1250 g/mol. The number of primary amides is 1. The number of aliphatic carboxylic acids is 1. The van der Waals surface area contributed by atoms with Crippen LogP contribution in [0.25, 0.3) is 0 Å². The Morgan fingerprint density at radius 3 is 1.64 bits per heavy atom. The van der Waals surface area contributed by atoms with Crippen LogP contribution in [-0.4, -0.2) is 184 Å². The molecule has 29 heteroatoms. The molecular formula is C60H102N16O13. The Morgan fingerprint density at radius 1 is 0.618 bits per heavy atom. The first-order valence-electron chi connectivity index (χ1n) is 30.9. The fourth-order valence-corrected chi connectivity index (χ4v) is 10.1. The summed E-state index contributed by atoms with van der Waals surface area (Å²) in [6, 6.07) is -3.42. The molecule has 0 aliphatic carbocycles. The van der Waals surface area contributed by atoms with E-state index < -0.39 is 132 Å². The van der Waals surface area contributed by atoms with Crippen molar-refractivity contribution in [2.24, 2.45) is 56.4 Å². The molecule has 0 unspecified atom stereocenters. The number of β-amino-alcohol motifs (C(OH)–C–C–N with tert-alkyl or cyclic N) is 1. The van der Waals surface area contributed by atoms with E-state index in [9.17, 15) is 63.0 Å². The van der Waals surface area contributed by atoms with Gasteiger partial charge < -0.3 is 85.9 Å². The molecule has 19 N–H and O–H groups in total. The maximum Gasteiger partial charge on any atom is 0.305 e. The van der Waals surface area contributed by atoms with Crippen LogP contribution in [0.1, 0.15) is 157 Å². The number of nitrogens with one attached hydrogen (secondary N) is 7. The van der Waals surface area contributed by atoms with Crippen LogP contribution in [0.2, 0.25) is 0 Å². The number of rotatable bonds is 41. The van der Waals surface area contributed by atoms with Gasteiger partial charge in [-0.15, -0.1) is 0 Å². The summed E-state index contributed by atoms with van der Waals surface area (Å²) in [4.78, 5) is 162. The summed E-state index contributed by atoms with van der Waals surface area (Å²) in [6.07, 6.45) is 2.78. The molecule has 89 heavy (non-hydrogen) atoms. The predicted octanol–water partition coefficient (Wildman–Crippen LogP) is -1.00. The van der Waals surface area contributed by atoms with Crippen molar-refractivity contribution in [2.75, 3.05) is 26.7 Å². The fourth-order valence-electron chi connectivity index (χ4n) is 10.1. The minimum absolute atomic E-state index is 0.00536. The van der Waals surface area contributed by atoms with Gasteiger partial charge >= 0.3 is 5.97 Å².